The van der Waals surface area contributed by atoms with Crippen LogP contribution >= 0.6 is 0 Å². The number of hydrogen-bond donors (Lipinski definition) is 2. The number of nitro benzene ring substituents is 1. The molecular formula is C14H19N3O6. The Labute approximate surface area is 133 Å². The van der Waals surface area contributed by atoms with Gasteiger partial charge < -0.3 is 14.8 Å². The Bertz CT molecular complexity index is 582. The molecule has 0 aromatic heterocycles. The molecule has 1 aromatic carbocycles. The summed E-state index contributed by atoms with van der Waals surface area (Å²) in [5.74, 6) is 0. The summed E-state index contributed by atoms with van der Waals surface area (Å²) < 4.78 is 9.84. The van der Waals surface area contributed by atoms with Crippen LogP contribution in [0, 0.1) is 10.1 Å². The number of nitro groups is 1. The average Bonchev–Trinajstić information content (AvgIpc) is 2.42. The average molecular weight is 325 g/mol. The van der Waals surface area contributed by atoms with E-state index in [4.69, 9.17) is 9.47 Å². The van der Waals surface area contributed by atoms with Crippen molar-refractivity contribution in [1.82, 2.24) is 5.32 Å². The van der Waals surface area contributed by atoms with Gasteiger partial charge in [-0.25, -0.2) is 9.59 Å². The number of hydrogen-bond acceptors (Lipinski definition) is 6. The molecule has 0 fully saturated rings. The first kappa shape index (κ1) is 18.2. The SMILES string of the molecule is CC(C)(C)OC(=O)NCCOC(=O)Nc1cccc([N+](=O)[O-])c1. The second-order valence-corrected chi connectivity index (χ2v) is 5.50. The summed E-state index contributed by atoms with van der Waals surface area (Å²) in [6.45, 7) is 5.21. The third-order valence-electron chi connectivity index (χ3n) is 2.31. The van der Waals surface area contributed by atoms with Gasteiger partial charge in [-0.15, -0.1) is 0 Å². The monoisotopic (exact) mass is 325 g/mol. The fraction of sp³-hybridized carbons (Fsp3) is 0.429. The highest BCUT2D eigenvalue weighted by atomic mass is 16.6. The molecular weight excluding hydrogens is 306 g/mol. The van der Waals surface area contributed by atoms with Gasteiger partial charge in [-0.1, -0.05) is 6.07 Å². The van der Waals surface area contributed by atoms with Crippen LogP contribution in [0.4, 0.5) is 21.0 Å². The van der Waals surface area contributed by atoms with E-state index < -0.39 is 22.7 Å². The van der Waals surface area contributed by atoms with Gasteiger partial charge in [0.25, 0.3) is 5.69 Å². The van der Waals surface area contributed by atoms with Crippen LogP contribution in [0.2, 0.25) is 0 Å². The number of benzene rings is 1. The van der Waals surface area contributed by atoms with Crippen molar-refractivity contribution in [3.05, 3.63) is 34.4 Å². The lowest BCUT2D eigenvalue weighted by molar-refractivity contribution is -0.384. The quantitative estimate of drug-likeness (QED) is 0.488. The predicted octanol–water partition coefficient (Wildman–Crippen LogP) is 2.67. The van der Waals surface area contributed by atoms with Crippen molar-refractivity contribution in [3.8, 4) is 0 Å². The van der Waals surface area contributed by atoms with E-state index in [1.165, 1.54) is 24.3 Å². The molecule has 0 heterocycles. The molecule has 0 spiro atoms. The lowest BCUT2D eigenvalue weighted by Crippen LogP contribution is -2.34. The van der Waals surface area contributed by atoms with E-state index >= 15 is 0 Å². The molecule has 2 amide bonds. The number of alkyl carbamates (subject to hydrolysis) is 1. The van der Waals surface area contributed by atoms with Crippen LogP contribution in [0.3, 0.4) is 0 Å². The van der Waals surface area contributed by atoms with Gasteiger partial charge in [0, 0.05) is 12.1 Å². The van der Waals surface area contributed by atoms with Gasteiger partial charge in [0.15, 0.2) is 0 Å². The van der Waals surface area contributed by atoms with E-state index in [9.17, 15) is 19.7 Å². The van der Waals surface area contributed by atoms with Gasteiger partial charge >= 0.3 is 12.2 Å². The number of non-ortho nitro benzene ring substituents is 1. The molecule has 9 nitrogen and oxygen atoms in total. The maximum Gasteiger partial charge on any atom is 0.411 e. The minimum absolute atomic E-state index is 0.0694. The molecule has 126 valence electrons. The van der Waals surface area contributed by atoms with Crippen molar-refractivity contribution in [2.45, 2.75) is 26.4 Å². The Morgan fingerprint density at radius 2 is 1.96 bits per heavy atom. The van der Waals surface area contributed by atoms with E-state index in [1.54, 1.807) is 20.8 Å². The molecule has 0 saturated carbocycles. The van der Waals surface area contributed by atoms with E-state index in [2.05, 4.69) is 10.6 Å². The number of carbonyl (C=O) groups is 2. The molecule has 1 aromatic rings. The highest BCUT2D eigenvalue weighted by Gasteiger charge is 2.15. The number of nitrogens with one attached hydrogen (secondary N) is 2. The molecule has 0 unspecified atom stereocenters. The first-order valence-corrected chi connectivity index (χ1v) is 6.82. The topological polar surface area (TPSA) is 120 Å². The lowest BCUT2D eigenvalue weighted by Gasteiger charge is -2.19. The summed E-state index contributed by atoms with van der Waals surface area (Å²) in [5, 5.41) is 15.4. The van der Waals surface area contributed by atoms with Crippen LogP contribution in [-0.4, -0.2) is 35.9 Å². The molecule has 2 N–H and O–H groups in total. The molecule has 1 rings (SSSR count). The Hall–Kier alpha value is -2.84. The number of ether oxygens (including phenoxy) is 2. The van der Waals surface area contributed by atoms with Crippen LogP contribution in [-0.2, 0) is 9.47 Å². The Morgan fingerprint density at radius 1 is 1.26 bits per heavy atom. The Kier molecular flexibility index (Phi) is 6.31. The van der Waals surface area contributed by atoms with Crippen LogP contribution < -0.4 is 10.6 Å². The molecule has 0 radical (unpaired) electrons. The molecule has 0 aliphatic carbocycles. The molecule has 0 aliphatic heterocycles. The minimum Gasteiger partial charge on any atom is -0.447 e. The van der Waals surface area contributed by atoms with Crippen molar-refractivity contribution >= 4 is 23.6 Å². The minimum atomic E-state index is -0.781. The van der Waals surface area contributed by atoms with E-state index in [0.717, 1.165) is 0 Å². The van der Waals surface area contributed by atoms with Crippen LogP contribution in [0.15, 0.2) is 24.3 Å². The van der Waals surface area contributed by atoms with E-state index in [1.807, 2.05) is 0 Å². The second kappa shape index (κ2) is 7.97. The zero-order chi connectivity index (χ0) is 17.5. The normalized spacial score (nSPS) is 10.6. The van der Waals surface area contributed by atoms with Gasteiger partial charge in [0.1, 0.15) is 12.2 Å². The lowest BCUT2D eigenvalue weighted by atomic mass is 10.2. The zero-order valence-electron chi connectivity index (χ0n) is 13.1. The van der Waals surface area contributed by atoms with Crippen molar-refractivity contribution in [2.75, 3.05) is 18.5 Å². The maximum absolute atomic E-state index is 11.5. The predicted molar refractivity (Wildman–Crippen MR) is 82.3 cm³/mol. The summed E-state index contributed by atoms with van der Waals surface area (Å²) in [6, 6.07) is 5.45. The van der Waals surface area contributed by atoms with Gasteiger partial charge in [0.05, 0.1) is 17.2 Å². The van der Waals surface area contributed by atoms with Gasteiger partial charge in [-0.05, 0) is 26.8 Å². The zero-order valence-corrected chi connectivity index (χ0v) is 13.1. The first-order chi connectivity index (χ1) is 10.7. The summed E-state index contributed by atoms with van der Waals surface area (Å²) in [7, 11) is 0. The Morgan fingerprint density at radius 3 is 2.57 bits per heavy atom. The van der Waals surface area contributed by atoms with Crippen molar-refractivity contribution in [1.29, 1.82) is 0 Å². The third kappa shape index (κ3) is 7.65. The number of amides is 2. The molecule has 23 heavy (non-hydrogen) atoms. The number of anilines is 1. The number of nitrogens with zero attached hydrogens (tertiary/aromatic N) is 1. The van der Waals surface area contributed by atoms with Crippen molar-refractivity contribution in [3.63, 3.8) is 0 Å². The largest absolute Gasteiger partial charge is 0.447 e. The van der Waals surface area contributed by atoms with E-state index in [-0.39, 0.29) is 24.5 Å². The van der Waals surface area contributed by atoms with Crippen molar-refractivity contribution < 1.29 is 24.0 Å². The smallest absolute Gasteiger partial charge is 0.411 e. The highest BCUT2D eigenvalue weighted by molar-refractivity contribution is 5.85. The first-order valence-electron chi connectivity index (χ1n) is 6.82. The van der Waals surface area contributed by atoms with Gasteiger partial charge in [-0.2, -0.15) is 0 Å². The van der Waals surface area contributed by atoms with Crippen LogP contribution in [0.5, 0.6) is 0 Å². The molecule has 0 atom stereocenters. The van der Waals surface area contributed by atoms with Crippen LogP contribution in [0.25, 0.3) is 0 Å². The fourth-order valence-corrected chi connectivity index (χ4v) is 1.46. The summed E-state index contributed by atoms with van der Waals surface area (Å²) in [5.41, 5.74) is -0.511. The third-order valence-corrected chi connectivity index (χ3v) is 2.31. The summed E-state index contributed by atoms with van der Waals surface area (Å²) >= 11 is 0. The number of carbonyl (C=O) groups excluding carboxylic acids is 2. The molecule has 0 bridgehead atoms. The van der Waals surface area contributed by atoms with Gasteiger partial charge in [-0.3, -0.25) is 15.4 Å². The number of rotatable bonds is 5. The second-order valence-electron chi connectivity index (χ2n) is 5.50. The molecule has 0 aliphatic rings. The summed E-state index contributed by atoms with van der Waals surface area (Å²) in [4.78, 5) is 32.9. The van der Waals surface area contributed by atoms with Crippen molar-refractivity contribution in [2.24, 2.45) is 0 Å². The highest BCUT2D eigenvalue weighted by Crippen LogP contribution is 2.17. The fourth-order valence-electron chi connectivity index (χ4n) is 1.46. The standard InChI is InChI=1S/C14H19N3O6/c1-14(2,3)23-12(18)15-7-8-22-13(19)16-10-5-4-6-11(9-10)17(20)21/h4-6,9H,7-8H2,1-3H3,(H,15,18)(H,16,19). The van der Waals surface area contributed by atoms with Gasteiger partial charge in [0.2, 0.25) is 0 Å². The van der Waals surface area contributed by atoms with E-state index in [0.29, 0.717) is 0 Å². The maximum atomic E-state index is 11.5. The van der Waals surface area contributed by atoms with Crippen LogP contribution in [0.1, 0.15) is 20.8 Å². The summed E-state index contributed by atoms with van der Waals surface area (Å²) in [6.07, 6.45) is -1.39. The Balaban J connectivity index is 2.31. The molecule has 9 heteroatoms. The molecule has 0 saturated heterocycles.